The molecule has 0 saturated heterocycles. The molecular weight excluding hydrogens is 443 g/mol. The molecule has 5 nitrogen and oxygen atoms in total. The van der Waals surface area contributed by atoms with Gasteiger partial charge in [0.2, 0.25) is 0 Å². The molecule has 1 aliphatic heterocycles. The van der Waals surface area contributed by atoms with E-state index in [0.29, 0.717) is 19.1 Å². The Morgan fingerprint density at radius 2 is 2.08 bits per heavy atom. The van der Waals surface area contributed by atoms with E-state index in [9.17, 15) is 8.78 Å². The molecule has 25 heavy (non-hydrogen) atoms. The van der Waals surface area contributed by atoms with Gasteiger partial charge in [-0.15, -0.1) is 24.0 Å². The number of aliphatic imine (C=N–C) groups is 1. The molecule has 8 heteroatoms. The predicted molar refractivity (Wildman–Crippen MR) is 105 cm³/mol. The quantitative estimate of drug-likeness (QED) is 0.213. The lowest BCUT2D eigenvalue weighted by Gasteiger charge is -2.15. The van der Waals surface area contributed by atoms with Crippen LogP contribution in [0, 0.1) is 11.6 Å². The smallest absolute Gasteiger partial charge is 0.191 e. The molecule has 0 atom stereocenters. The first-order chi connectivity index (χ1) is 11.7. The van der Waals surface area contributed by atoms with E-state index < -0.39 is 11.6 Å². The molecular formula is C17H24F2IN3O2. The molecule has 1 aliphatic rings. The summed E-state index contributed by atoms with van der Waals surface area (Å²) in [5.41, 5.74) is 1.39. The van der Waals surface area contributed by atoms with Gasteiger partial charge in [0.15, 0.2) is 17.5 Å². The largest absolute Gasteiger partial charge is 0.489 e. The van der Waals surface area contributed by atoms with E-state index in [4.69, 9.17) is 9.47 Å². The molecule has 0 amide bonds. The molecule has 1 aromatic carbocycles. The van der Waals surface area contributed by atoms with Crippen LogP contribution in [0.4, 0.5) is 8.78 Å². The Morgan fingerprint density at radius 1 is 1.28 bits per heavy atom. The van der Waals surface area contributed by atoms with E-state index in [1.54, 1.807) is 7.05 Å². The number of nitrogens with one attached hydrogen (secondary N) is 2. The molecule has 0 fully saturated rings. The van der Waals surface area contributed by atoms with Crippen LogP contribution in [0.5, 0.6) is 5.75 Å². The highest BCUT2D eigenvalue weighted by molar-refractivity contribution is 14.0. The third-order valence-corrected chi connectivity index (χ3v) is 3.57. The monoisotopic (exact) mass is 467 g/mol. The van der Waals surface area contributed by atoms with Gasteiger partial charge in [-0.2, -0.15) is 0 Å². The van der Waals surface area contributed by atoms with Crippen LogP contribution in [0.15, 0.2) is 34.8 Å². The van der Waals surface area contributed by atoms with Gasteiger partial charge >= 0.3 is 0 Å². The summed E-state index contributed by atoms with van der Waals surface area (Å²) in [6, 6.07) is 3.24. The number of nitrogens with zero attached hydrogens (tertiary/aromatic N) is 1. The molecule has 2 rings (SSSR count). The summed E-state index contributed by atoms with van der Waals surface area (Å²) in [4.78, 5) is 4.12. The summed E-state index contributed by atoms with van der Waals surface area (Å²) in [6.45, 7) is 2.95. The molecule has 2 N–H and O–H groups in total. The molecule has 0 bridgehead atoms. The van der Waals surface area contributed by atoms with Crippen molar-refractivity contribution < 1.29 is 18.3 Å². The maximum absolute atomic E-state index is 13.4. The second-order valence-corrected chi connectivity index (χ2v) is 5.29. The van der Waals surface area contributed by atoms with Crippen molar-refractivity contribution >= 4 is 29.9 Å². The fourth-order valence-corrected chi connectivity index (χ4v) is 2.28. The Morgan fingerprint density at radius 3 is 2.76 bits per heavy atom. The van der Waals surface area contributed by atoms with Gasteiger partial charge in [0.1, 0.15) is 12.4 Å². The fraction of sp³-hybridized carbons (Fsp3) is 0.471. The molecule has 0 saturated carbocycles. The van der Waals surface area contributed by atoms with Gasteiger partial charge in [-0.25, -0.2) is 8.78 Å². The molecule has 0 spiro atoms. The van der Waals surface area contributed by atoms with Crippen LogP contribution in [-0.2, 0) is 4.74 Å². The molecule has 0 radical (unpaired) electrons. The van der Waals surface area contributed by atoms with Crippen LogP contribution in [-0.4, -0.2) is 45.9 Å². The minimum absolute atomic E-state index is 0. The lowest BCUT2D eigenvalue weighted by Crippen LogP contribution is -2.39. The van der Waals surface area contributed by atoms with E-state index in [1.165, 1.54) is 11.6 Å². The fourth-order valence-electron chi connectivity index (χ4n) is 2.28. The third-order valence-electron chi connectivity index (χ3n) is 3.57. The first-order valence-electron chi connectivity index (χ1n) is 7.97. The minimum Gasteiger partial charge on any atom is -0.489 e. The van der Waals surface area contributed by atoms with Crippen LogP contribution in [0.2, 0.25) is 0 Å². The second-order valence-electron chi connectivity index (χ2n) is 5.29. The van der Waals surface area contributed by atoms with Crippen LogP contribution in [0.1, 0.15) is 12.8 Å². The van der Waals surface area contributed by atoms with Gasteiger partial charge in [0.25, 0.3) is 0 Å². The summed E-state index contributed by atoms with van der Waals surface area (Å²) in [5.74, 6) is -0.636. The highest BCUT2D eigenvalue weighted by Crippen LogP contribution is 2.17. The van der Waals surface area contributed by atoms with Gasteiger partial charge in [-0.05, 0) is 25.0 Å². The molecule has 1 heterocycles. The highest BCUT2D eigenvalue weighted by Gasteiger charge is 2.06. The minimum atomic E-state index is -0.706. The molecule has 0 aromatic heterocycles. The van der Waals surface area contributed by atoms with Gasteiger partial charge in [-0.1, -0.05) is 11.6 Å². The first kappa shape index (κ1) is 21.6. The summed E-state index contributed by atoms with van der Waals surface area (Å²) < 4.78 is 36.8. The average Bonchev–Trinajstić information content (AvgIpc) is 2.59. The van der Waals surface area contributed by atoms with E-state index in [1.807, 2.05) is 0 Å². The lowest BCUT2D eigenvalue weighted by atomic mass is 10.1. The SMILES string of the molecule is CN=C(NCCOc1ccc(F)cc1F)NCCC1=CCOCC1.I. The number of hydrogen-bond acceptors (Lipinski definition) is 3. The standard InChI is InChI=1S/C17H23F2N3O2.HI/c1-20-17(21-7-4-13-5-9-23-10-6-13)22-8-11-24-16-3-2-14(18)12-15(16)19;/h2-3,5,12H,4,6-11H2,1H3,(H2,20,21,22);1H. The van der Waals surface area contributed by atoms with Gasteiger partial charge < -0.3 is 20.1 Å². The van der Waals surface area contributed by atoms with Crippen molar-refractivity contribution in [2.75, 3.05) is 40.0 Å². The van der Waals surface area contributed by atoms with Crippen molar-refractivity contribution in [3.05, 3.63) is 41.5 Å². The Labute approximate surface area is 163 Å². The predicted octanol–water partition coefficient (Wildman–Crippen LogP) is 2.86. The van der Waals surface area contributed by atoms with E-state index in [0.717, 1.165) is 38.1 Å². The van der Waals surface area contributed by atoms with Crippen LogP contribution < -0.4 is 15.4 Å². The van der Waals surface area contributed by atoms with E-state index in [-0.39, 0.29) is 36.3 Å². The number of guanidine groups is 1. The highest BCUT2D eigenvalue weighted by atomic mass is 127. The lowest BCUT2D eigenvalue weighted by molar-refractivity contribution is 0.153. The van der Waals surface area contributed by atoms with Gasteiger partial charge in [0, 0.05) is 19.7 Å². The number of rotatable bonds is 7. The third kappa shape index (κ3) is 8.00. The Hall–Kier alpha value is -1.42. The zero-order valence-corrected chi connectivity index (χ0v) is 16.5. The van der Waals surface area contributed by atoms with E-state index in [2.05, 4.69) is 21.7 Å². The summed E-state index contributed by atoms with van der Waals surface area (Å²) in [7, 11) is 1.68. The summed E-state index contributed by atoms with van der Waals surface area (Å²) in [5, 5.41) is 6.29. The molecule has 0 unspecified atom stereocenters. The maximum atomic E-state index is 13.4. The second kappa shape index (κ2) is 12.0. The molecule has 140 valence electrons. The summed E-state index contributed by atoms with van der Waals surface area (Å²) in [6.07, 6.45) is 4.04. The van der Waals surface area contributed by atoms with Crippen molar-refractivity contribution in [1.82, 2.24) is 10.6 Å². The Kier molecular flexibility index (Phi) is 10.4. The number of halogens is 3. The van der Waals surface area contributed by atoms with Crippen LogP contribution in [0.3, 0.4) is 0 Å². The van der Waals surface area contributed by atoms with Crippen LogP contribution in [0.25, 0.3) is 0 Å². The summed E-state index contributed by atoms with van der Waals surface area (Å²) >= 11 is 0. The average molecular weight is 467 g/mol. The van der Waals surface area contributed by atoms with Gasteiger partial charge in [-0.3, -0.25) is 4.99 Å². The topological polar surface area (TPSA) is 54.9 Å². The number of ether oxygens (including phenoxy) is 2. The van der Waals surface area contributed by atoms with E-state index >= 15 is 0 Å². The zero-order chi connectivity index (χ0) is 17.2. The van der Waals surface area contributed by atoms with Crippen molar-refractivity contribution in [1.29, 1.82) is 0 Å². The first-order valence-corrected chi connectivity index (χ1v) is 7.97. The molecule has 0 aliphatic carbocycles. The Balaban J connectivity index is 0.00000312. The zero-order valence-electron chi connectivity index (χ0n) is 14.2. The number of hydrogen-bond donors (Lipinski definition) is 2. The molecule has 1 aromatic rings. The van der Waals surface area contributed by atoms with Crippen molar-refractivity contribution in [3.63, 3.8) is 0 Å². The number of benzene rings is 1. The maximum Gasteiger partial charge on any atom is 0.191 e. The Bertz CT molecular complexity index is 597. The normalized spacial score (nSPS) is 14.4. The van der Waals surface area contributed by atoms with Gasteiger partial charge in [0.05, 0.1) is 19.8 Å². The van der Waals surface area contributed by atoms with Crippen molar-refractivity contribution in [2.45, 2.75) is 12.8 Å². The van der Waals surface area contributed by atoms with Crippen molar-refractivity contribution in [2.24, 2.45) is 4.99 Å². The van der Waals surface area contributed by atoms with Crippen LogP contribution >= 0.6 is 24.0 Å². The van der Waals surface area contributed by atoms with Crippen molar-refractivity contribution in [3.8, 4) is 5.75 Å².